The van der Waals surface area contributed by atoms with Gasteiger partial charge in [0.05, 0.1) is 0 Å². The minimum absolute atomic E-state index is 0.0584. The van der Waals surface area contributed by atoms with Gasteiger partial charge >= 0.3 is 0 Å². The van der Waals surface area contributed by atoms with E-state index in [-0.39, 0.29) is 12.5 Å². The second kappa shape index (κ2) is 8.62. The number of nitrogens with one attached hydrogen (secondary N) is 1. The summed E-state index contributed by atoms with van der Waals surface area (Å²) in [6.07, 6.45) is 2.06. The van der Waals surface area contributed by atoms with Crippen LogP contribution in [0.5, 0.6) is 5.75 Å². The van der Waals surface area contributed by atoms with Crippen LogP contribution in [0.1, 0.15) is 39.7 Å². The van der Waals surface area contributed by atoms with Gasteiger partial charge in [-0.2, -0.15) is 0 Å². The van der Waals surface area contributed by atoms with E-state index in [4.69, 9.17) is 4.74 Å². The van der Waals surface area contributed by atoms with Crippen LogP contribution in [0, 0.1) is 11.8 Å². The fourth-order valence-electron chi connectivity index (χ4n) is 1.89. The first kappa shape index (κ1) is 16.5. The predicted molar refractivity (Wildman–Crippen MR) is 82.9 cm³/mol. The minimum Gasteiger partial charge on any atom is -0.484 e. The third kappa shape index (κ3) is 7.17. The molecule has 0 atom stereocenters. The Bertz CT molecular complexity index is 396. The average molecular weight is 277 g/mol. The zero-order valence-corrected chi connectivity index (χ0v) is 13.1. The SMILES string of the molecule is CC(C)CCNC(=O)COc1ccc(CC(C)C)cc1. The van der Waals surface area contributed by atoms with Gasteiger partial charge in [0.15, 0.2) is 6.61 Å². The van der Waals surface area contributed by atoms with Gasteiger partial charge in [-0.15, -0.1) is 0 Å². The first-order valence-electron chi connectivity index (χ1n) is 7.45. The van der Waals surface area contributed by atoms with Gasteiger partial charge in [0.2, 0.25) is 0 Å². The fraction of sp³-hybridized carbons (Fsp3) is 0.588. The summed E-state index contributed by atoms with van der Waals surface area (Å²) in [4.78, 5) is 11.6. The second-order valence-corrected chi connectivity index (χ2v) is 6.06. The molecule has 0 fully saturated rings. The molecule has 1 amide bonds. The lowest BCUT2D eigenvalue weighted by Crippen LogP contribution is -2.30. The summed E-state index contributed by atoms with van der Waals surface area (Å²) in [5.74, 6) is 1.94. The first-order valence-corrected chi connectivity index (χ1v) is 7.45. The van der Waals surface area contributed by atoms with Crippen molar-refractivity contribution < 1.29 is 9.53 Å². The molecular formula is C17H27NO2. The Labute approximate surface area is 122 Å². The molecule has 1 rings (SSSR count). The van der Waals surface area contributed by atoms with Gasteiger partial charge in [0.25, 0.3) is 5.91 Å². The molecule has 1 N–H and O–H groups in total. The largest absolute Gasteiger partial charge is 0.484 e. The summed E-state index contributed by atoms with van der Waals surface area (Å²) in [7, 11) is 0. The van der Waals surface area contributed by atoms with Crippen LogP contribution >= 0.6 is 0 Å². The van der Waals surface area contributed by atoms with E-state index in [0.717, 1.165) is 18.6 Å². The quantitative estimate of drug-likeness (QED) is 0.790. The van der Waals surface area contributed by atoms with Crippen molar-refractivity contribution in [2.24, 2.45) is 11.8 Å². The molecule has 1 aromatic carbocycles. The van der Waals surface area contributed by atoms with Crippen molar-refractivity contribution >= 4 is 5.91 Å². The third-order valence-electron chi connectivity index (χ3n) is 2.98. The number of hydrogen-bond acceptors (Lipinski definition) is 2. The third-order valence-corrected chi connectivity index (χ3v) is 2.98. The maximum Gasteiger partial charge on any atom is 0.257 e. The van der Waals surface area contributed by atoms with Crippen LogP contribution in [0.15, 0.2) is 24.3 Å². The van der Waals surface area contributed by atoms with Crippen LogP contribution in [0.4, 0.5) is 0 Å². The van der Waals surface area contributed by atoms with Crippen LogP contribution in [-0.2, 0) is 11.2 Å². The van der Waals surface area contributed by atoms with Crippen molar-refractivity contribution in [3.63, 3.8) is 0 Å². The molecule has 0 bridgehead atoms. The van der Waals surface area contributed by atoms with E-state index >= 15 is 0 Å². The van der Waals surface area contributed by atoms with Gasteiger partial charge in [-0.1, -0.05) is 39.8 Å². The van der Waals surface area contributed by atoms with E-state index in [0.29, 0.717) is 18.4 Å². The van der Waals surface area contributed by atoms with Crippen LogP contribution in [0.25, 0.3) is 0 Å². The normalized spacial score (nSPS) is 10.9. The van der Waals surface area contributed by atoms with Crippen molar-refractivity contribution in [1.29, 1.82) is 0 Å². The molecule has 0 saturated carbocycles. The van der Waals surface area contributed by atoms with Crippen LogP contribution in [0.3, 0.4) is 0 Å². The van der Waals surface area contributed by atoms with Gasteiger partial charge in [-0.3, -0.25) is 4.79 Å². The Morgan fingerprint density at radius 3 is 2.30 bits per heavy atom. The molecule has 0 heterocycles. The molecule has 3 nitrogen and oxygen atoms in total. The maximum atomic E-state index is 11.6. The minimum atomic E-state index is -0.0584. The van der Waals surface area contributed by atoms with Gasteiger partial charge in [-0.25, -0.2) is 0 Å². The molecule has 0 aliphatic carbocycles. The van der Waals surface area contributed by atoms with Crippen molar-refractivity contribution in [3.8, 4) is 5.75 Å². The molecule has 0 saturated heterocycles. The van der Waals surface area contributed by atoms with Gasteiger partial charge < -0.3 is 10.1 Å². The number of carbonyl (C=O) groups is 1. The molecule has 20 heavy (non-hydrogen) atoms. The van der Waals surface area contributed by atoms with Crippen molar-refractivity contribution in [3.05, 3.63) is 29.8 Å². The number of benzene rings is 1. The number of rotatable bonds is 8. The number of ether oxygens (including phenoxy) is 1. The van der Waals surface area contributed by atoms with E-state index in [1.54, 1.807) is 0 Å². The molecule has 0 aromatic heterocycles. The highest BCUT2D eigenvalue weighted by molar-refractivity contribution is 5.77. The van der Waals surface area contributed by atoms with Gasteiger partial charge in [0.1, 0.15) is 5.75 Å². The number of carbonyl (C=O) groups excluding carboxylic acids is 1. The smallest absolute Gasteiger partial charge is 0.257 e. The zero-order valence-electron chi connectivity index (χ0n) is 13.1. The molecule has 0 unspecified atom stereocenters. The molecule has 3 heteroatoms. The van der Waals surface area contributed by atoms with E-state index in [9.17, 15) is 4.79 Å². The second-order valence-electron chi connectivity index (χ2n) is 6.06. The Morgan fingerprint density at radius 1 is 1.10 bits per heavy atom. The van der Waals surface area contributed by atoms with E-state index in [1.807, 2.05) is 12.1 Å². The summed E-state index contributed by atoms with van der Waals surface area (Å²) in [6, 6.07) is 7.98. The van der Waals surface area contributed by atoms with E-state index in [2.05, 4.69) is 45.1 Å². The molecular weight excluding hydrogens is 250 g/mol. The van der Waals surface area contributed by atoms with Crippen LogP contribution in [-0.4, -0.2) is 19.1 Å². The Hall–Kier alpha value is -1.51. The highest BCUT2D eigenvalue weighted by Gasteiger charge is 2.03. The van der Waals surface area contributed by atoms with Crippen molar-refractivity contribution in [2.75, 3.05) is 13.2 Å². The van der Waals surface area contributed by atoms with Gasteiger partial charge in [0, 0.05) is 6.54 Å². The van der Waals surface area contributed by atoms with Crippen molar-refractivity contribution in [1.82, 2.24) is 5.32 Å². The topological polar surface area (TPSA) is 38.3 Å². The summed E-state index contributed by atoms with van der Waals surface area (Å²) in [5.41, 5.74) is 1.30. The number of amides is 1. The lowest BCUT2D eigenvalue weighted by molar-refractivity contribution is -0.123. The monoisotopic (exact) mass is 277 g/mol. The van der Waals surface area contributed by atoms with E-state index in [1.165, 1.54) is 5.56 Å². The summed E-state index contributed by atoms with van der Waals surface area (Å²) >= 11 is 0. The lowest BCUT2D eigenvalue weighted by Gasteiger charge is -2.10. The Balaban J connectivity index is 2.29. The molecule has 0 spiro atoms. The highest BCUT2D eigenvalue weighted by Crippen LogP contribution is 2.14. The Morgan fingerprint density at radius 2 is 1.75 bits per heavy atom. The fourth-order valence-corrected chi connectivity index (χ4v) is 1.89. The highest BCUT2D eigenvalue weighted by atomic mass is 16.5. The number of hydrogen-bond donors (Lipinski definition) is 1. The maximum absolute atomic E-state index is 11.6. The van der Waals surface area contributed by atoms with Crippen LogP contribution < -0.4 is 10.1 Å². The lowest BCUT2D eigenvalue weighted by atomic mass is 10.0. The summed E-state index contributed by atoms with van der Waals surface area (Å²) < 4.78 is 5.47. The zero-order chi connectivity index (χ0) is 15.0. The standard InChI is InChI=1S/C17H27NO2/c1-13(2)9-10-18-17(19)12-20-16-7-5-15(6-8-16)11-14(3)4/h5-8,13-14H,9-12H2,1-4H3,(H,18,19). The van der Waals surface area contributed by atoms with Crippen LogP contribution in [0.2, 0.25) is 0 Å². The predicted octanol–water partition coefficient (Wildman–Crippen LogP) is 3.43. The molecule has 0 radical (unpaired) electrons. The van der Waals surface area contributed by atoms with Crippen molar-refractivity contribution in [2.45, 2.75) is 40.5 Å². The van der Waals surface area contributed by atoms with Gasteiger partial charge in [-0.05, 0) is 42.4 Å². The average Bonchev–Trinajstić information content (AvgIpc) is 2.37. The molecule has 1 aromatic rings. The first-order chi connectivity index (χ1) is 9.47. The van der Waals surface area contributed by atoms with E-state index < -0.39 is 0 Å². The Kier molecular flexibility index (Phi) is 7.13. The summed E-state index contributed by atoms with van der Waals surface area (Å²) in [5, 5.41) is 2.86. The summed E-state index contributed by atoms with van der Waals surface area (Å²) in [6.45, 7) is 9.48. The molecule has 0 aliphatic rings. The molecule has 0 aliphatic heterocycles. The molecule has 112 valence electrons.